The Labute approximate surface area is 180 Å². The third kappa shape index (κ3) is 5.96. The van der Waals surface area contributed by atoms with Crippen LogP contribution in [0, 0.1) is 18.6 Å². The molecule has 3 rings (SSSR count). The molecule has 0 unspecified atom stereocenters. The molecule has 0 aromatic heterocycles. The highest BCUT2D eigenvalue weighted by Crippen LogP contribution is 2.19. The van der Waals surface area contributed by atoms with Gasteiger partial charge in [0.05, 0.1) is 17.1 Å². The number of sulfonamides is 1. The van der Waals surface area contributed by atoms with Crippen LogP contribution >= 0.6 is 0 Å². The first-order chi connectivity index (χ1) is 14.8. The molecule has 1 N–H and O–H groups in total. The maximum atomic E-state index is 13.9. The van der Waals surface area contributed by atoms with E-state index in [2.05, 4.69) is 5.32 Å². The van der Waals surface area contributed by atoms with Gasteiger partial charge in [0, 0.05) is 12.6 Å². The summed E-state index contributed by atoms with van der Waals surface area (Å²) in [5.41, 5.74) is 1.46. The molecule has 162 valence electrons. The fourth-order valence-corrected chi connectivity index (χ4v) is 4.38. The second-order valence-corrected chi connectivity index (χ2v) is 9.00. The summed E-state index contributed by atoms with van der Waals surface area (Å²) in [5, 5.41) is 2.25. The number of benzene rings is 3. The van der Waals surface area contributed by atoms with Crippen molar-refractivity contribution in [3.8, 4) is 0 Å². The van der Waals surface area contributed by atoms with Gasteiger partial charge in [-0.2, -0.15) is 4.31 Å². The van der Waals surface area contributed by atoms with Gasteiger partial charge in [-0.05, 0) is 43.2 Å². The summed E-state index contributed by atoms with van der Waals surface area (Å²) < 4.78 is 54.7. The predicted octanol–water partition coefficient (Wildman–Crippen LogP) is 4.15. The SMILES string of the molecule is Cc1ccc(S(=O)(=O)N(CCc2ccccc2)CC(=O)Nc2cc(F)ccc2F)cc1. The Bertz CT molecular complexity index is 1150. The lowest BCUT2D eigenvalue weighted by molar-refractivity contribution is -0.116. The van der Waals surface area contributed by atoms with Gasteiger partial charge in [0.25, 0.3) is 0 Å². The minimum atomic E-state index is -3.99. The van der Waals surface area contributed by atoms with E-state index in [1.165, 1.54) is 12.1 Å². The molecule has 0 radical (unpaired) electrons. The van der Waals surface area contributed by atoms with Crippen LogP contribution in [-0.4, -0.2) is 31.7 Å². The molecule has 0 aliphatic carbocycles. The fourth-order valence-electron chi connectivity index (χ4n) is 2.99. The van der Waals surface area contributed by atoms with Gasteiger partial charge in [0.15, 0.2) is 0 Å². The molecule has 0 spiro atoms. The number of carbonyl (C=O) groups excluding carboxylic acids is 1. The smallest absolute Gasteiger partial charge is 0.243 e. The van der Waals surface area contributed by atoms with E-state index in [4.69, 9.17) is 0 Å². The lowest BCUT2D eigenvalue weighted by Crippen LogP contribution is -2.39. The van der Waals surface area contributed by atoms with Crippen molar-refractivity contribution in [2.45, 2.75) is 18.2 Å². The van der Waals surface area contributed by atoms with Crippen molar-refractivity contribution in [3.05, 3.63) is 95.6 Å². The molecular weight excluding hydrogens is 422 g/mol. The van der Waals surface area contributed by atoms with Crippen molar-refractivity contribution in [1.82, 2.24) is 4.31 Å². The topological polar surface area (TPSA) is 66.5 Å². The van der Waals surface area contributed by atoms with E-state index in [1.54, 1.807) is 12.1 Å². The van der Waals surface area contributed by atoms with Crippen molar-refractivity contribution in [2.75, 3.05) is 18.4 Å². The molecule has 0 aliphatic rings. The average Bonchev–Trinajstić information content (AvgIpc) is 2.74. The standard InChI is InChI=1S/C23H22F2N2O3S/c1-17-7-10-20(11-8-17)31(29,30)27(14-13-18-5-3-2-4-6-18)16-23(28)26-22-15-19(24)9-12-21(22)25/h2-12,15H,13-14,16H2,1H3,(H,26,28). The number of aryl methyl sites for hydroxylation is 1. The van der Waals surface area contributed by atoms with Crippen molar-refractivity contribution in [1.29, 1.82) is 0 Å². The Kier molecular flexibility index (Phi) is 7.14. The number of hydrogen-bond acceptors (Lipinski definition) is 3. The van der Waals surface area contributed by atoms with Gasteiger partial charge < -0.3 is 5.32 Å². The Morgan fingerprint density at radius 3 is 2.32 bits per heavy atom. The summed E-state index contributed by atoms with van der Waals surface area (Å²) >= 11 is 0. The second kappa shape index (κ2) is 9.80. The summed E-state index contributed by atoms with van der Waals surface area (Å²) in [5.74, 6) is -2.30. The molecule has 0 heterocycles. The van der Waals surface area contributed by atoms with Crippen molar-refractivity contribution < 1.29 is 22.0 Å². The molecule has 3 aromatic carbocycles. The number of amides is 1. The van der Waals surface area contributed by atoms with Crippen LogP contribution in [0.3, 0.4) is 0 Å². The molecule has 3 aromatic rings. The van der Waals surface area contributed by atoms with Gasteiger partial charge >= 0.3 is 0 Å². The average molecular weight is 445 g/mol. The number of halogens is 2. The van der Waals surface area contributed by atoms with Crippen LogP contribution < -0.4 is 5.32 Å². The molecule has 0 aliphatic heterocycles. The first-order valence-corrected chi connectivity index (χ1v) is 11.1. The third-order valence-corrected chi connectivity index (χ3v) is 6.53. The van der Waals surface area contributed by atoms with Crippen LogP contribution in [0.1, 0.15) is 11.1 Å². The summed E-state index contributed by atoms with van der Waals surface area (Å²) in [4.78, 5) is 12.6. The van der Waals surface area contributed by atoms with Gasteiger partial charge in [0.1, 0.15) is 11.6 Å². The molecule has 0 bridgehead atoms. The molecule has 0 saturated carbocycles. The maximum Gasteiger partial charge on any atom is 0.243 e. The molecule has 1 amide bonds. The van der Waals surface area contributed by atoms with E-state index in [-0.39, 0.29) is 17.1 Å². The Hall–Kier alpha value is -3.10. The fraction of sp³-hybridized carbons (Fsp3) is 0.174. The third-order valence-electron chi connectivity index (χ3n) is 4.67. The molecule has 8 heteroatoms. The zero-order valence-electron chi connectivity index (χ0n) is 16.9. The van der Waals surface area contributed by atoms with Crippen molar-refractivity contribution in [2.24, 2.45) is 0 Å². The second-order valence-electron chi connectivity index (χ2n) is 7.06. The number of hydrogen-bond donors (Lipinski definition) is 1. The zero-order chi connectivity index (χ0) is 22.4. The van der Waals surface area contributed by atoms with E-state index >= 15 is 0 Å². The highest BCUT2D eigenvalue weighted by molar-refractivity contribution is 7.89. The van der Waals surface area contributed by atoms with Gasteiger partial charge in [-0.15, -0.1) is 0 Å². The monoisotopic (exact) mass is 444 g/mol. The minimum absolute atomic E-state index is 0.0409. The molecule has 0 fully saturated rings. The molecule has 31 heavy (non-hydrogen) atoms. The number of rotatable bonds is 8. The van der Waals surface area contributed by atoms with Crippen LogP contribution in [0.2, 0.25) is 0 Å². The first-order valence-electron chi connectivity index (χ1n) is 9.61. The predicted molar refractivity (Wildman–Crippen MR) is 115 cm³/mol. The summed E-state index contributed by atoms with van der Waals surface area (Å²) in [7, 11) is -3.99. The van der Waals surface area contributed by atoms with E-state index in [9.17, 15) is 22.0 Å². The van der Waals surface area contributed by atoms with Crippen LogP contribution in [0.5, 0.6) is 0 Å². The molecular formula is C23H22F2N2O3S. The Balaban J connectivity index is 1.83. The lowest BCUT2D eigenvalue weighted by Gasteiger charge is -2.22. The normalized spacial score (nSPS) is 11.5. The van der Waals surface area contributed by atoms with Crippen molar-refractivity contribution in [3.63, 3.8) is 0 Å². The van der Waals surface area contributed by atoms with E-state index in [1.807, 2.05) is 37.3 Å². The molecule has 0 atom stereocenters. The summed E-state index contributed by atoms with van der Waals surface area (Å²) in [6, 6.07) is 18.2. The van der Waals surface area contributed by atoms with Crippen LogP contribution in [-0.2, 0) is 21.2 Å². The largest absolute Gasteiger partial charge is 0.322 e. The quantitative estimate of drug-likeness (QED) is 0.568. The lowest BCUT2D eigenvalue weighted by atomic mass is 10.1. The summed E-state index contributed by atoms with van der Waals surface area (Å²) in [6.07, 6.45) is 0.382. The Morgan fingerprint density at radius 1 is 0.968 bits per heavy atom. The van der Waals surface area contributed by atoms with Crippen LogP contribution in [0.15, 0.2) is 77.7 Å². The van der Waals surface area contributed by atoms with Gasteiger partial charge in [-0.1, -0.05) is 48.0 Å². The molecule has 0 saturated heterocycles. The highest BCUT2D eigenvalue weighted by atomic mass is 32.2. The van der Waals surface area contributed by atoms with Gasteiger partial charge in [0.2, 0.25) is 15.9 Å². The zero-order valence-corrected chi connectivity index (χ0v) is 17.7. The van der Waals surface area contributed by atoms with E-state index in [0.717, 1.165) is 33.6 Å². The van der Waals surface area contributed by atoms with Crippen LogP contribution in [0.25, 0.3) is 0 Å². The van der Waals surface area contributed by atoms with E-state index in [0.29, 0.717) is 6.42 Å². The summed E-state index contributed by atoms with van der Waals surface area (Å²) in [6.45, 7) is 1.34. The minimum Gasteiger partial charge on any atom is -0.322 e. The number of nitrogens with one attached hydrogen (secondary N) is 1. The number of anilines is 1. The number of nitrogens with zero attached hydrogens (tertiary/aromatic N) is 1. The van der Waals surface area contributed by atoms with Gasteiger partial charge in [-0.3, -0.25) is 4.79 Å². The first kappa shape index (κ1) is 22.6. The van der Waals surface area contributed by atoms with Crippen LogP contribution in [0.4, 0.5) is 14.5 Å². The van der Waals surface area contributed by atoms with E-state index < -0.39 is 34.1 Å². The Morgan fingerprint density at radius 2 is 1.65 bits per heavy atom. The number of carbonyl (C=O) groups is 1. The van der Waals surface area contributed by atoms with Gasteiger partial charge in [-0.25, -0.2) is 17.2 Å². The maximum absolute atomic E-state index is 13.9. The highest BCUT2D eigenvalue weighted by Gasteiger charge is 2.27. The van der Waals surface area contributed by atoms with Crippen molar-refractivity contribution >= 4 is 21.6 Å². The molecule has 5 nitrogen and oxygen atoms in total.